The van der Waals surface area contributed by atoms with E-state index in [0.717, 1.165) is 17.2 Å². The third kappa shape index (κ3) is 2.98. The van der Waals surface area contributed by atoms with E-state index in [9.17, 15) is 8.78 Å². The van der Waals surface area contributed by atoms with E-state index in [1.54, 1.807) is 0 Å². The molecule has 0 unspecified atom stereocenters. The van der Waals surface area contributed by atoms with Gasteiger partial charge in [0.2, 0.25) is 0 Å². The maximum atomic E-state index is 13.5. The van der Waals surface area contributed by atoms with E-state index >= 15 is 0 Å². The van der Waals surface area contributed by atoms with E-state index in [0.29, 0.717) is 16.5 Å². The van der Waals surface area contributed by atoms with Crippen molar-refractivity contribution in [2.24, 2.45) is 0 Å². The number of anilines is 1. The van der Waals surface area contributed by atoms with E-state index in [4.69, 9.17) is 11.6 Å². The Bertz CT molecular complexity index is 617. The van der Waals surface area contributed by atoms with Gasteiger partial charge in [0.25, 0.3) is 0 Å². The number of benzene rings is 1. The molecule has 1 heterocycles. The molecule has 0 spiro atoms. The van der Waals surface area contributed by atoms with Gasteiger partial charge in [-0.05, 0) is 31.0 Å². The summed E-state index contributed by atoms with van der Waals surface area (Å²) < 4.78 is 26.2. The van der Waals surface area contributed by atoms with Gasteiger partial charge in [-0.25, -0.2) is 8.78 Å². The monoisotopic (exact) mass is 283 g/mol. The first kappa shape index (κ1) is 13.7. The lowest BCUT2D eigenvalue weighted by molar-refractivity contribution is 0.574. The fourth-order valence-corrected chi connectivity index (χ4v) is 1.77. The van der Waals surface area contributed by atoms with E-state index in [1.807, 2.05) is 13.8 Å². The molecule has 0 amide bonds. The van der Waals surface area contributed by atoms with Crippen LogP contribution in [0.15, 0.2) is 18.2 Å². The van der Waals surface area contributed by atoms with E-state index in [1.165, 1.54) is 12.1 Å². The summed E-state index contributed by atoms with van der Waals surface area (Å²) in [4.78, 5) is 0. The second-order valence-corrected chi connectivity index (χ2v) is 4.54. The zero-order valence-electron chi connectivity index (χ0n) is 10.5. The summed E-state index contributed by atoms with van der Waals surface area (Å²) in [6, 6.07) is 3.46. The predicted molar refractivity (Wildman–Crippen MR) is 70.2 cm³/mol. The maximum absolute atomic E-state index is 13.5. The largest absolute Gasteiger partial charge is 0.364 e. The molecule has 6 heteroatoms. The van der Waals surface area contributed by atoms with Crippen LogP contribution in [0, 0.1) is 25.5 Å². The van der Waals surface area contributed by atoms with Crippen LogP contribution in [0.2, 0.25) is 5.15 Å². The number of rotatable bonds is 3. The zero-order valence-corrected chi connectivity index (χ0v) is 11.2. The molecule has 1 N–H and O–H groups in total. The Labute approximate surface area is 114 Å². The molecule has 0 atom stereocenters. The van der Waals surface area contributed by atoms with Crippen LogP contribution in [0.5, 0.6) is 0 Å². The minimum Gasteiger partial charge on any atom is -0.364 e. The third-order valence-corrected chi connectivity index (χ3v) is 3.29. The van der Waals surface area contributed by atoms with Crippen molar-refractivity contribution in [2.75, 3.05) is 5.32 Å². The van der Waals surface area contributed by atoms with Crippen molar-refractivity contribution in [1.29, 1.82) is 0 Å². The fraction of sp³-hybridized carbons (Fsp3) is 0.231. The Morgan fingerprint density at radius 2 is 1.89 bits per heavy atom. The van der Waals surface area contributed by atoms with Crippen LogP contribution < -0.4 is 5.32 Å². The Balaban J connectivity index is 2.17. The molecule has 1 aromatic carbocycles. The number of halogens is 3. The SMILES string of the molecule is Cc1c(Cl)nnc(NCc2ccc(F)cc2F)c1C. The summed E-state index contributed by atoms with van der Waals surface area (Å²) in [5.74, 6) is -0.658. The fourth-order valence-electron chi connectivity index (χ4n) is 1.59. The lowest BCUT2D eigenvalue weighted by Gasteiger charge is -2.10. The Kier molecular flexibility index (Phi) is 3.95. The van der Waals surface area contributed by atoms with Crippen LogP contribution in [0.1, 0.15) is 16.7 Å². The Morgan fingerprint density at radius 3 is 2.58 bits per heavy atom. The molecule has 0 saturated carbocycles. The van der Waals surface area contributed by atoms with Crippen molar-refractivity contribution in [3.8, 4) is 0 Å². The number of nitrogens with one attached hydrogen (secondary N) is 1. The minimum atomic E-state index is -0.598. The molecule has 2 aromatic rings. The molecule has 0 radical (unpaired) electrons. The van der Waals surface area contributed by atoms with E-state index in [-0.39, 0.29) is 6.54 Å². The molecular weight excluding hydrogens is 272 g/mol. The van der Waals surface area contributed by atoms with Crippen molar-refractivity contribution in [3.05, 3.63) is 51.7 Å². The van der Waals surface area contributed by atoms with Gasteiger partial charge in [-0.1, -0.05) is 17.7 Å². The van der Waals surface area contributed by atoms with Crippen molar-refractivity contribution >= 4 is 17.4 Å². The first-order valence-corrected chi connectivity index (χ1v) is 6.04. The molecule has 0 aliphatic rings. The van der Waals surface area contributed by atoms with Gasteiger partial charge in [-0.2, -0.15) is 0 Å². The minimum absolute atomic E-state index is 0.197. The summed E-state index contributed by atoms with van der Waals surface area (Å²) in [6.07, 6.45) is 0. The summed E-state index contributed by atoms with van der Waals surface area (Å²) in [6.45, 7) is 3.87. The molecule has 2 rings (SSSR count). The normalized spacial score (nSPS) is 10.6. The highest BCUT2D eigenvalue weighted by molar-refractivity contribution is 6.30. The van der Waals surface area contributed by atoms with Crippen LogP contribution in [-0.4, -0.2) is 10.2 Å². The predicted octanol–water partition coefficient (Wildman–Crippen LogP) is 3.64. The average Bonchev–Trinajstić information content (AvgIpc) is 2.37. The lowest BCUT2D eigenvalue weighted by atomic mass is 10.2. The highest BCUT2D eigenvalue weighted by Gasteiger charge is 2.09. The second kappa shape index (κ2) is 5.48. The summed E-state index contributed by atoms with van der Waals surface area (Å²) in [5, 5.41) is 11.0. The summed E-state index contributed by atoms with van der Waals surface area (Å²) in [7, 11) is 0. The summed E-state index contributed by atoms with van der Waals surface area (Å²) in [5.41, 5.74) is 2.02. The van der Waals surface area contributed by atoms with Gasteiger partial charge in [0.1, 0.15) is 11.6 Å². The van der Waals surface area contributed by atoms with Gasteiger partial charge < -0.3 is 5.32 Å². The van der Waals surface area contributed by atoms with Crippen molar-refractivity contribution in [1.82, 2.24) is 10.2 Å². The van der Waals surface area contributed by atoms with Crippen LogP contribution in [0.4, 0.5) is 14.6 Å². The van der Waals surface area contributed by atoms with Crippen molar-refractivity contribution in [2.45, 2.75) is 20.4 Å². The topological polar surface area (TPSA) is 37.8 Å². The quantitative estimate of drug-likeness (QED) is 0.934. The molecule has 0 fully saturated rings. The Hall–Kier alpha value is -1.75. The van der Waals surface area contributed by atoms with Crippen molar-refractivity contribution < 1.29 is 8.78 Å². The summed E-state index contributed by atoms with van der Waals surface area (Å²) >= 11 is 5.84. The van der Waals surface area contributed by atoms with Crippen molar-refractivity contribution in [3.63, 3.8) is 0 Å². The molecule has 3 nitrogen and oxygen atoms in total. The number of hydrogen-bond acceptors (Lipinski definition) is 3. The molecule has 0 bridgehead atoms. The highest BCUT2D eigenvalue weighted by Crippen LogP contribution is 2.21. The van der Waals surface area contributed by atoms with Crippen LogP contribution >= 0.6 is 11.6 Å². The van der Waals surface area contributed by atoms with Crippen LogP contribution in [0.3, 0.4) is 0 Å². The standard InChI is InChI=1S/C13H12ClF2N3/c1-7-8(2)13(19-18-12(7)14)17-6-9-3-4-10(15)5-11(9)16/h3-5H,6H2,1-2H3,(H,17,19). The number of nitrogens with zero attached hydrogens (tertiary/aromatic N) is 2. The van der Waals surface area contributed by atoms with E-state index in [2.05, 4.69) is 15.5 Å². The van der Waals surface area contributed by atoms with Gasteiger partial charge in [-0.15, -0.1) is 10.2 Å². The Morgan fingerprint density at radius 1 is 1.16 bits per heavy atom. The first-order chi connectivity index (χ1) is 8.99. The molecule has 100 valence electrons. The van der Waals surface area contributed by atoms with Crippen LogP contribution in [-0.2, 0) is 6.54 Å². The molecular formula is C13H12ClF2N3. The maximum Gasteiger partial charge on any atom is 0.155 e. The van der Waals surface area contributed by atoms with Crippen LogP contribution in [0.25, 0.3) is 0 Å². The van der Waals surface area contributed by atoms with Gasteiger partial charge in [-0.3, -0.25) is 0 Å². The average molecular weight is 284 g/mol. The smallest absolute Gasteiger partial charge is 0.155 e. The van der Waals surface area contributed by atoms with E-state index < -0.39 is 11.6 Å². The van der Waals surface area contributed by atoms with Gasteiger partial charge in [0, 0.05) is 18.2 Å². The zero-order chi connectivity index (χ0) is 14.0. The van der Waals surface area contributed by atoms with Gasteiger partial charge in [0.05, 0.1) is 0 Å². The first-order valence-electron chi connectivity index (χ1n) is 5.66. The molecule has 0 aliphatic heterocycles. The third-order valence-electron chi connectivity index (χ3n) is 2.93. The molecule has 19 heavy (non-hydrogen) atoms. The van der Waals surface area contributed by atoms with Gasteiger partial charge in [0.15, 0.2) is 11.0 Å². The highest BCUT2D eigenvalue weighted by atomic mass is 35.5. The number of hydrogen-bond donors (Lipinski definition) is 1. The number of aromatic nitrogens is 2. The lowest BCUT2D eigenvalue weighted by Crippen LogP contribution is -2.07. The molecule has 0 aliphatic carbocycles. The molecule has 0 saturated heterocycles. The van der Waals surface area contributed by atoms with Gasteiger partial charge >= 0.3 is 0 Å². The molecule has 1 aromatic heterocycles. The second-order valence-electron chi connectivity index (χ2n) is 4.18.